The summed E-state index contributed by atoms with van der Waals surface area (Å²) in [6.45, 7) is 9.94. The Hall–Kier alpha value is -6.41. The number of halogens is 2. The molecule has 6 fully saturated rings. The van der Waals surface area contributed by atoms with Gasteiger partial charge >= 0.3 is 6.01 Å². The Labute approximate surface area is 411 Å². The summed E-state index contributed by atoms with van der Waals surface area (Å²) in [6, 6.07) is 15.5. The highest BCUT2D eigenvalue weighted by Crippen LogP contribution is 2.48. The average molecular weight is 964 g/mol. The first kappa shape index (κ1) is 45.7. The Morgan fingerprint density at radius 3 is 2.39 bits per heavy atom. The van der Waals surface area contributed by atoms with Gasteiger partial charge in [-0.1, -0.05) is 18.1 Å². The van der Waals surface area contributed by atoms with Crippen LogP contribution in [-0.4, -0.2) is 138 Å². The van der Waals surface area contributed by atoms with Crippen LogP contribution in [0, 0.1) is 35.3 Å². The maximum absolute atomic E-state index is 17.2. The van der Waals surface area contributed by atoms with Crippen LogP contribution in [0.1, 0.15) is 79.3 Å². The minimum Gasteiger partial charge on any atom is -0.508 e. The Morgan fingerprint density at radius 2 is 1.65 bits per heavy atom. The number of nitrogens with zero attached hydrogens (tertiary/aromatic N) is 7. The van der Waals surface area contributed by atoms with E-state index in [1.807, 2.05) is 12.1 Å². The first-order chi connectivity index (χ1) is 34.5. The van der Waals surface area contributed by atoms with Gasteiger partial charge in [-0.3, -0.25) is 24.6 Å². The van der Waals surface area contributed by atoms with E-state index >= 15 is 8.78 Å². The number of nitrogens with one attached hydrogen (secondary N) is 2. The van der Waals surface area contributed by atoms with Crippen LogP contribution >= 0.6 is 0 Å². The van der Waals surface area contributed by atoms with Gasteiger partial charge in [0.1, 0.15) is 28.9 Å². The summed E-state index contributed by atoms with van der Waals surface area (Å²) >= 11 is 0. The number of ether oxygens (including phenoxy) is 1. The summed E-state index contributed by atoms with van der Waals surface area (Å²) in [5, 5.41) is 18.1. The summed E-state index contributed by atoms with van der Waals surface area (Å²) in [6.07, 6.45) is 14.1. The number of likely N-dealkylation sites (tertiary alicyclic amines) is 1. The smallest absolute Gasteiger partial charge is 0.319 e. The van der Waals surface area contributed by atoms with Crippen molar-refractivity contribution in [3.63, 3.8) is 0 Å². The van der Waals surface area contributed by atoms with E-state index in [2.05, 4.69) is 47.2 Å². The molecule has 14 nitrogen and oxygen atoms in total. The molecule has 2 bridgehead atoms. The first-order valence-electron chi connectivity index (χ1n) is 25.5. The monoisotopic (exact) mass is 963 g/mol. The predicted molar refractivity (Wildman–Crippen MR) is 266 cm³/mol. The number of aromatic nitrogens is 2. The summed E-state index contributed by atoms with van der Waals surface area (Å²) < 4.78 is 40.2. The third kappa shape index (κ3) is 8.80. The van der Waals surface area contributed by atoms with Crippen LogP contribution in [0.2, 0.25) is 0 Å². The molecule has 3 amide bonds. The third-order valence-corrected chi connectivity index (χ3v) is 16.6. The van der Waals surface area contributed by atoms with Gasteiger partial charge in [0.15, 0.2) is 5.82 Å². The lowest BCUT2D eigenvalue weighted by Gasteiger charge is -2.38. The number of imide groups is 1. The van der Waals surface area contributed by atoms with Crippen LogP contribution in [0.4, 0.5) is 20.3 Å². The number of phenols is 1. The fourth-order valence-electron chi connectivity index (χ4n) is 12.4. The molecule has 2 unspecified atom stereocenters. The Bertz CT molecular complexity index is 3000. The quantitative estimate of drug-likeness (QED) is 0.0968. The molecule has 7 aliphatic rings. The number of fused-ring (bicyclic) bond motifs is 5. The highest BCUT2D eigenvalue weighted by atomic mass is 19.1. The van der Waals surface area contributed by atoms with E-state index in [0.29, 0.717) is 66.3 Å². The molecule has 1 saturated carbocycles. The van der Waals surface area contributed by atoms with Crippen molar-refractivity contribution in [1.29, 1.82) is 0 Å². The molecule has 12 rings (SSSR count). The molecule has 6 aliphatic heterocycles. The second-order valence-corrected chi connectivity index (χ2v) is 21.2. The van der Waals surface area contributed by atoms with Gasteiger partial charge in [-0.15, -0.1) is 6.42 Å². The number of aromatic hydroxyl groups is 1. The molecule has 7 heterocycles. The van der Waals surface area contributed by atoms with Gasteiger partial charge in [0.2, 0.25) is 11.8 Å². The van der Waals surface area contributed by atoms with E-state index < -0.39 is 23.6 Å². The van der Waals surface area contributed by atoms with E-state index in [-0.39, 0.29) is 69.5 Å². The van der Waals surface area contributed by atoms with Gasteiger partial charge in [0, 0.05) is 109 Å². The standard InChI is InChI=1S/C55H59F2N9O5/c1-2-34-4-3-5-35-25-40(67)26-42(47(34)35)48-44(56)27-43-50(49(48)57)60-54(61-51(43)65-29-37-6-7-38(30-65)58-37)71-32-55(15-16-55)31-63-18-13-33(14-19-63)12-17-62-20-22-64(23-21-62)39-8-9-41-36(24-39)28-66(53(41)70)45-10-11-46(68)59-52(45)69/h1,3-5,8-9,24-27,33,37-38,45,58,67H,6-7,10-23,28-32H2,(H,59,68,69)/t37?,38?,45-/m0/s1. The minimum absolute atomic E-state index is 0.0322. The van der Waals surface area contributed by atoms with Crippen molar-refractivity contribution in [3.05, 3.63) is 82.9 Å². The van der Waals surface area contributed by atoms with Crippen molar-refractivity contribution in [1.82, 2.24) is 35.3 Å². The third-order valence-electron chi connectivity index (χ3n) is 16.6. The summed E-state index contributed by atoms with van der Waals surface area (Å²) in [5.74, 6) is 1.18. The molecule has 16 heteroatoms. The molecule has 0 radical (unpaired) electrons. The van der Waals surface area contributed by atoms with E-state index in [1.54, 1.807) is 23.1 Å². The molecule has 4 aromatic carbocycles. The fourth-order valence-corrected chi connectivity index (χ4v) is 12.4. The normalized spacial score (nSPS) is 23.6. The second kappa shape index (κ2) is 18.3. The topological polar surface area (TPSA) is 147 Å². The zero-order valence-corrected chi connectivity index (χ0v) is 39.9. The van der Waals surface area contributed by atoms with Crippen LogP contribution in [-0.2, 0) is 16.1 Å². The van der Waals surface area contributed by atoms with Crippen LogP contribution < -0.4 is 25.2 Å². The number of carbonyl (C=O) groups excluding carboxylic acids is 3. The number of piperidine rings is 2. The van der Waals surface area contributed by atoms with Gasteiger partial charge in [-0.05, 0) is 130 Å². The Balaban J connectivity index is 0.669. The lowest BCUT2D eigenvalue weighted by Crippen LogP contribution is -2.52. The lowest BCUT2D eigenvalue weighted by molar-refractivity contribution is -0.136. The fraction of sp³-hybridized carbons (Fsp3) is 0.473. The van der Waals surface area contributed by atoms with E-state index in [4.69, 9.17) is 16.1 Å². The van der Waals surface area contributed by atoms with Crippen molar-refractivity contribution in [2.24, 2.45) is 11.3 Å². The predicted octanol–water partition coefficient (Wildman–Crippen LogP) is 6.20. The molecule has 3 atom stereocenters. The average Bonchev–Trinajstić information content (AvgIpc) is 3.95. The van der Waals surface area contributed by atoms with Crippen molar-refractivity contribution < 1.29 is 33.0 Å². The molecular weight excluding hydrogens is 905 g/mol. The molecule has 3 N–H and O–H groups in total. The molecule has 368 valence electrons. The van der Waals surface area contributed by atoms with Crippen molar-refractivity contribution in [2.45, 2.75) is 82.5 Å². The summed E-state index contributed by atoms with van der Waals surface area (Å²) in [7, 11) is 0. The van der Waals surface area contributed by atoms with Crippen LogP contribution in [0.25, 0.3) is 32.8 Å². The number of hydrogen-bond donors (Lipinski definition) is 3. The Morgan fingerprint density at radius 1 is 0.859 bits per heavy atom. The molecule has 0 spiro atoms. The van der Waals surface area contributed by atoms with Gasteiger partial charge in [-0.2, -0.15) is 9.97 Å². The second-order valence-electron chi connectivity index (χ2n) is 21.2. The van der Waals surface area contributed by atoms with E-state index in [9.17, 15) is 19.5 Å². The highest BCUT2D eigenvalue weighted by Gasteiger charge is 2.46. The maximum Gasteiger partial charge on any atom is 0.319 e. The van der Waals surface area contributed by atoms with E-state index in [1.165, 1.54) is 24.6 Å². The highest BCUT2D eigenvalue weighted by molar-refractivity contribution is 6.06. The molecule has 71 heavy (non-hydrogen) atoms. The van der Waals surface area contributed by atoms with Gasteiger partial charge in [0.25, 0.3) is 5.91 Å². The number of phenolic OH excluding ortho intramolecular Hbond substituents is 1. The number of benzene rings is 4. The number of terminal acetylenes is 1. The summed E-state index contributed by atoms with van der Waals surface area (Å²) in [4.78, 5) is 58.3. The largest absolute Gasteiger partial charge is 0.508 e. The van der Waals surface area contributed by atoms with Crippen molar-refractivity contribution in [3.8, 4) is 35.2 Å². The number of piperazine rings is 2. The van der Waals surface area contributed by atoms with Crippen molar-refractivity contribution in [2.75, 3.05) is 81.9 Å². The SMILES string of the molecule is C#Cc1cccc2cc(O)cc(-c3c(F)cc4c(N5CC6CCC(C5)N6)nc(OCC5(CN6CCC(CCN7CCN(c8ccc9c(c8)CN([C@H]8CCC(=O)NC8=O)C9=O)CC7)CC6)CC5)nc4c3F)c12. The lowest BCUT2D eigenvalue weighted by atomic mass is 9.92. The number of amides is 3. The van der Waals surface area contributed by atoms with E-state index in [0.717, 1.165) is 102 Å². The Kier molecular flexibility index (Phi) is 11.8. The molecule has 5 saturated heterocycles. The molecule has 1 aliphatic carbocycles. The maximum atomic E-state index is 17.2. The number of anilines is 2. The van der Waals surface area contributed by atoms with Gasteiger partial charge < -0.3 is 34.8 Å². The molecule has 5 aromatic rings. The number of rotatable bonds is 12. The van der Waals surface area contributed by atoms with Crippen LogP contribution in [0.5, 0.6) is 11.8 Å². The van der Waals surface area contributed by atoms with Crippen molar-refractivity contribution >= 4 is 50.9 Å². The number of hydrogen-bond acceptors (Lipinski definition) is 12. The zero-order chi connectivity index (χ0) is 48.5. The van der Waals surface area contributed by atoms with Gasteiger partial charge in [0.05, 0.1) is 12.2 Å². The van der Waals surface area contributed by atoms with Crippen LogP contribution in [0.15, 0.2) is 54.6 Å². The first-order valence-corrected chi connectivity index (χ1v) is 25.5. The van der Waals surface area contributed by atoms with Gasteiger partial charge in [-0.25, -0.2) is 8.78 Å². The molecule has 1 aromatic heterocycles. The zero-order valence-electron chi connectivity index (χ0n) is 39.9. The summed E-state index contributed by atoms with van der Waals surface area (Å²) in [5.41, 5.74) is 2.91. The number of carbonyl (C=O) groups is 3. The minimum atomic E-state index is -0.853. The molecular formula is C55H59F2N9O5. The van der Waals surface area contributed by atoms with Crippen LogP contribution in [0.3, 0.4) is 0 Å².